The zero-order chi connectivity index (χ0) is 19.7. The quantitative estimate of drug-likeness (QED) is 0.540. The van der Waals surface area contributed by atoms with Crippen molar-refractivity contribution in [2.45, 2.75) is 13.3 Å². The molecule has 28 heavy (non-hydrogen) atoms. The van der Waals surface area contributed by atoms with E-state index in [0.29, 0.717) is 38.8 Å². The van der Waals surface area contributed by atoms with Crippen LogP contribution in [-0.4, -0.2) is 31.1 Å². The maximum absolute atomic E-state index is 12.7. The lowest BCUT2D eigenvalue weighted by Crippen LogP contribution is -2.22. The van der Waals surface area contributed by atoms with E-state index in [0.717, 1.165) is 6.42 Å². The summed E-state index contributed by atoms with van der Waals surface area (Å²) >= 11 is 7.35. The average molecular weight is 415 g/mol. The van der Waals surface area contributed by atoms with Crippen LogP contribution in [0.2, 0.25) is 5.02 Å². The zero-order valence-electron chi connectivity index (χ0n) is 14.8. The van der Waals surface area contributed by atoms with E-state index in [9.17, 15) is 9.90 Å². The van der Waals surface area contributed by atoms with Gasteiger partial charge in [-0.25, -0.2) is 4.98 Å². The summed E-state index contributed by atoms with van der Waals surface area (Å²) in [6.07, 6.45) is 8.90. The Morgan fingerprint density at radius 3 is 2.89 bits per heavy atom. The van der Waals surface area contributed by atoms with E-state index < -0.39 is 0 Å². The molecule has 0 amide bonds. The Morgan fingerprint density at radius 1 is 1.32 bits per heavy atom. The van der Waals surface area contributed by atoms with Crippen molar-refractivity contribution < 1.29 is 9.84 Å². The summed E-state index contributed by atoms with van der Waals surface area (Å²) in [5.41, 5.74) is 1.66. The summed E-state index contributed by atoms with van der Waals surface area (Å²) in [5.74, 6) is 0.184. The van der Waals surface area contributed by atoms with Crippen molar-refractivity contribution in [3.63, 3.8) is 0 Å². The molecule has 4 rings (SSSR count). The summed E-state index contributed by atoms with van der Waals surface area (Å²) in [7, 11) is 0. The number of rotatable bonds is 5. The highest BCUT2D eigenvalue weighted by Gasteiger charge is 2.12. The van der Waals surface area contributed by atoms with Gasteiger partial charge in [-0.05, 0) is 30.2 Å². The van der Waals surface area contributed by atoms with Gasteiger partial charge in [0.1, 0.15) is 11.4 Å². The van der Waals surface area contributed by atoms with E-state index in [1.54, 1.807) is 43.0 Å². The molecule has 7 nitrogen and oxygen atoms in total. The number of halogens is 1. The molecular formula is C19H15ClN4O3S. The van der Waals surface area contributed by atoms with Crippen molar-refractivity contribution in [1.29, 1.82) is 0 Å². The van der Waals surface area contributed by atoms with Crippen molar-refractivity contribution >= 4 is 34.0 Å². The smallest absolute Gasteiger partial charge is 0.274 e. The normalized spacial score (nSPS) is 12.0. The number of aromatic hydroxyl groups is 1. The molecule has 0 bridgehead atoms. The van der Waals surface area contributed by atoms with Gasteiger partial charge < -0.3 is 9.84 Å². The molecule has 9 heteroatoms. The minimum Gasteiger partial charge on any atom is -0.503 e. The van der Waals surface area contributed by atoms with Crippen LogP contribution in [0.15, 0.2) is 41.7 Å². The van der Waals surface area contributed by atoms with E-state index in [-0.39, 0.29) is 16.3 Å². The van der Waals surface area contributed by atoms with Gasteiger partial charge in [0.2, 0.25) is 0 Å². The summed E-state index contributed by atoms with van der Waals surface area (Å²) < 4.78 is 7.50. The molecule has 1 aromatic carbocycles. The van der Waals surface area contributed by atoms with Crippen molar-refractivity contribution in [1.82, 2.24) is 19.4 Å². The van der Waals surface area contributed by atoms with Gasteiger partial charge in [0.15, 0.2) is 16.5 Å². The lowest BCUT2D eigenvalue weighted by molar-refractivity contribution is 0.299. The Hall–Kier alpha value is -2.97. The van der Waals surface area contributed by atoms with Crippen LogP contribution in [0.3, 0.4) is 0 Å². The molecule has 0 aliphatic carbocycles. The highest BCUT2D eigenvalue weighted by molar-refractivity contribution is 7.15. The van der Waals surface area contributed by atoms with Crippen LogP contribution in [0.5, 0.6) is 11.5 Å². The number of hydrogen-bond acceptors (Lipinski definition) is 7. The number of imidazole rings is 1. The molecule has 3 heterocycles. The minimum absolute atomic E-state index is 0.107. The van der Waals surface area contributed by atoms with E-state index in [1.165, 1.54) is 15.7 Å². The van der Waals surface area contributed by atoms with E-state index in [4.69, 9.17) is 16.3 Å². The SMILES string of the molecule is CCCOc1cc(/C=c2\sc3nc(-c4cnccn4)cn3c2=O)cc(Cl)c1O. The summed E-state index contributed by atoms with van der Waals surface area (Å²) in [6.45, 7) is 2.42. The molecule has 0 aliphatic rings. The lowest BCUT2D eigenvalue weighted by Gasteiger charge is -2.09. The van der Waals surface area contributed by atoms with E-state index in [1.807, 2.05) is 6.92 Å². The second-order valence-corrected chi connectivity index (χ2v) is 7.40. The Kier molecular flexibility index (Phi) is 4.97. The van der Waals surface area contributed by atoms with Gasteiger partial charge in [0, 0.05) is 18.6 Å². The molecule has 0 fully saturated rings. The number of fused-ring (bicyclic) bond motifs is 1. The van der Waals surface area contributed by atoms with Crippen molar-refractivity contribution in [3.8, 4) is 22.9 Å². The molecule has 0 saturated carbocycles. The first-order valence-corrected chi connectivity index (χ1v) is 9.71. The number of phenols is 1. The number of benzene rings is 1. The topological polar surface area (TPSA) is 89.6 Å². The molecule has 0 aliphatic heterocycles. The zero-order valence-corrected chi connectivity index (χ0v) is 16.4. The van der Waals surface area contributed by atoms with Crippen LogP contribution in [0.1, 0.15) is 18.9 Å². The predicted molar refractivity (Wildman–Crippen MR) is 108 cm³/mol. The number of thiazole rings is 1. The van der Waals surface area contributed by atoms with E-state index in [2.05, 4.69) is 15.0 Å². The third kappa shape index (κ3) is 3.44. The first kappa shape index (κ1) is 18.4. The van der Waals surface area contributed by atoms with Gasteiger partial charge in [0.05, 0.1) is 22.4 Å². The summed E-state index contributed by atoms with van der Waals surface area (Å²) in [4.78, 5) is 26.0. The van der Waals surface area contributed by atoms with Crippen LogP contribution >= 0.6 is 22.9 Å². The van der Waals surface area contributed by atoms with Crippen molar-refractivity contribution in [2.24, 2.45) is 0 Å². The molecule has 1 N–H and O–H groups in total. The molecule has 3 aromatic heterocycles. The van der Waals surface area contributed by atoms with Gasteiger partial charge in [0.25, 0.3) is 5.56 Å². The van der Waals surface area contributed by atoms with Gasteiger partial charge in [-0.1, -0.05) is 29.9 Å². The van der Waals surface area contributed by atoms with Crippen LogP contribution in [0, 0.1) is 0 Å². The van der Waals surface area contributed by atoms with Crippen molar-refractivity contribution in [3.05, 3.63) is 62.4 Å². The highest BCUT2D eigenvalue weighted by atomic mass is 35.5. The summed E-state index contributed by atoms with van der Waals surface area (Å²) in [6, 6.07) is 3.24. The lowest BCUT2D eigenvalue weighted by atomic mass is 10.2. The fourth-order valence-corrected chi connectivity index (χ4v) is 3.81. The average Bonchev–Trinajstić information content (AvgIpc) is 3.24. The second-order valence-electron chi connectivity index (χ2n) is 5.98. The molecule has 142 valence electrons. The first-order chi connectivity index (χ1) is 13.6. The number of hydrogen-bond donors (Lipinski definition) is 1. The van der Waals surface area contributed by atoms with Gasteiger partial charge in [-0.2, -0.15) is 0 Å². The van der Waals surface area contributed by atoms with Gasteiger partial charge in [-0.15, -0.1) is 0 Å². The molecule has 0 spiro atoms. The Labute approximate surface area is 168 Å². The molecular weight excluding hydrogens is 400 g/mol. The fraction of sp³-hybridized carbons (Fsp3) is 0.158. The number of ether oxygens (including phenoxy) is 1. The first-order valence-electron chi connectivity index (χ1n) is 8.52. The Morgan fingerprint density at radius 2 is 2.18 bits per heavy atom. The predicted octanol–water partition coefficient (Wildman–Crippen LogP) is 2.91. The summed E-state index contributed by atoms with van der Waals surface area (Å²) in [5, 5.41) is 10.2. The Bertz CT molecular complexity index is 1250. The maximum atomic E-state index is 12.7. The fourth-order valence-electron chi connectivity index (χ4n) is 2.64. The van der Waals surface area contributed by atoms with Crippen LogP contribution in [0.25, 0.3) is 22.4 Å². The van der Waals surface area contributed by atoms with Crippen LogP contribution in [-0.2, 0) is 0 Å². The molecule has 0 unspecified atom stereocenters. The van der Waals surface area contributed by atoms with Crippen molar-refractivity contribution in [2.75, 3.05) is 6.61 Å². The molecule has 4 aromatic rings. The standard InChI is InChI=1S/C19H15ClN4O3S/c1-2-5-27-15-7-11(6-12(20)17(15)25)8-16-18(26)24-10-14(23-19(24)28-16)13-9-21-3-4-22-13/h3-4,6-10,25H,2,5H2,1H3/b16-8-. The number of nitrogens with zero attached hydrogens (tertiary/aromatic N) is 4. The monoisotopic (exact) mass is 414 g/mol. The minimum atomic E-state index is -0.192. The highest BCUT2D eigenvalue weighted by Crippen LogP contribution is 2.35. The number of aromatic nitrogens is 4. The largest absolute Gasteiger partial charge is 0.503 e. The third-order valence-corrected chi connectivity index (χ3v) is 5.21. The molecule has 0 atom stereocenters. The maximum Gasteiger partial charge on any atom is 0.274 e. The van der Waals surface area contributed by atoms with Gasteiger partial charge in [-0.3, -0.25) is 19.2 Å². The molecule has 0 radical (unpaired) electrons. The van der Waals surface area contributed by atoms with Gasteiger partial charge >= 0.3 is 0 Å². The third-order valence-electron chi connectivity index (χ3n) is 3.94. The van der Waals surface area contributed by atoms with Crippen LogP contribution < -0.4 is 14.8 Å². The number of phenolic OH excluding ortho intramolecular Hbond substituents is 1. The van der Waals surface area contributed by atoms with E-state index >= 15 is 0 Å². The molecule has 0 saturated heterocycles. The van der Waals surface area contributed by atoms with Crippen LogP contribution in [0.4, 0.5) is 0 Å². The second kappa shape index (κ2) is 7.57. The Balaban J connectivity index is 1.76.